The van der Waals surface area contributed by atoms with E-state index >= 15 is 4.39 Å². The second-order valence-electron chi connectivity index (χ2n) is 18.6. The monoisotopic (exact) mass is 893 g/mol. The van der Waals surface area contributed by atoms with Crippen LogP contribution in [0.2, 0.25) is 0 Å². The highest BCUT2D eigenvalue weighted by atomic mass is 19.1. The first-order valence-electron chi connectivity index (χ1n) is 23.7. The lowest BCUT2D eigenvalue weighted by atomic mass is 9.88. The van der Waals surface area contributed by atoms with Crippen LogP contribution in [0.3, 0.4) is 0 Å². The van der Waals surface area contributed by atoms with Gasteiger partial charge in [-0.2, -0.15) is 5.10 Å². The first kappa shape index (κ1) is 44.9. The average molecular weight is 894 g/mol. The number of benzene rings is 4. The molecule has 1 unspecified atom stereocenters. The molecule has 14 heteroatoms. The minimum atomic E-state index is -0.553. The van der Waals surface area contributed by atoms with E-state index in [0.29, 0.717) is 66.6 Å². The fraction of sp³-hybridized carbons (Fsp3) is 0.442. The standard InChI is InChI=1S/C52H60FN9O4/c1-33-11-15-38(56-39-31-54-32-39)28-43(33)51(65)55-34(2)40-16-14-36(41-8-4-5-9-42(40)41)13-12-35-17-23-60(24-18-35)22-7-6-10-49(64)61-25-19-37(20-26-61)44-30-47-45(29-46(44)53)50(58-59(47)3)62-27-21-48(63)57-52(62)66/h4-5,8-9,11,14-16,28-30,34-35,37,39,54,56H,6-7,10,17-27,31-32H2,1-3H3,(H,55,65)(H,57,63,66). The van der Waals surface area contributed by atoms with Crippen LogP contribution in [0.25, 0.3) is 21.7 Å². The zero-order chi connectivity index (χ0) is 45.9. The van der Waals surface area contributed by atoms with Gasteiger partial charge in [0.05, 0.1) is 17.6 Å². The largest absolute Gasteiger partial charge is 0.380 e. The Kier molecular flexibility index (Phi) is 13.4. The zero-order valence-corrected chi connectivity index (χ0v) is 38.2. The summed E-state index contributed by atoms with van der Waals surface area (Å²) < 4.78 is 17.3. The maximum absolute atomic E-state index is 15.6. The SMILES string of the molecule is Cc1ccc(NC2CNC2)cc1C(=O)NC(C)c1ccc(C#CC2CCN(CCCCC(=O)N3CCC(c4cc5c(cc4F)c(N4CCC(=O)NC4=O)nn5C)CC3)CC2)c2ccccc12. The maximum atomic E-state index is 15.6. The van der Waals surface area contributed by atoms with Crippen molar-refractivity contribution in [1.82, 2.24) is 35.5 Å². The lowest BCUT2D eigenvalue weighted by molar-refractivity contribution is -0.132. The van der Waals surface area contributed by atoms with Crippen molar-refractivity contribution >= 4 is 56.9 Å². The quantitative estimate of drug-likeness (QED) is 0.0766. The Labute approximate surface area is 385 Å². The molecule has 5 heterocycles. The van der Waals surface area contributed by atoms with Crippen molar-refractivity contribution in [2.24, 2.45) is 13.0 Å². The average Bonchev–Trinajstić information content (AvgIpc) is 3.62. The van der Waals surface area contributed by atoms with Gasteiger partial charge in [0, 0.05) is 80.7 Å². The summed E-state index contributed by atoms with van der Waals surface area (Å²) in [5, 5.41) is 19.6. The molecule has 0 spiro atoms. The van der Waals surface area contributed by atoms with Crippen molar-refractivity contribution in [2.75, 3.05) is 62.6 Å². The second-order valence-corrected chi connectivity index (χ2v) is 18.6. The molecular formula is C52H60FN9O4. The number of urea groups is 1. The molecule has 344 valence electrons. The van der Waals surface area contributed by atoms with Crippen molar-refractivity contribution in [3.63, 3.8) is 0 Å². The number of likely N-dealkylation sites (tertiary alicyclic amines) is 2. The second kappa shape index (κ2) is 19.7. The highest BCUT2D eigenvalue weighted by Gasteiger charge is 2.31. The van der Waals surface area contributed by atoms with Gasteiger partial charge in [-0.1, -0.05) is 48.2 Å². The summed E-state index contributed by atoms with van der Waals surface area (Å²) in [5.74, 6) is 7.16. The molecule has 0 saturated carbocycles. The molecule has 4 aliphatic rings. The van der Waals surface area contributed by atoms with Gasteiger partial charge in [-0.3, -0.25) is 29.3 Å². The fourth-order valence-electron chi connectivity index (χ4n) is 9.99. The minimum absolute atomic E-state index is 0.0220. The van der Waals surface area contributed by atoms with E-state index in [9.17, 15) is 19.2 Å². The Hall–Kier alpha value is -6.30. The smallest absolute Gasteiger partial charge is 0.329 e. The molecule has 4 N–H and O–H groups in total. The van der Waals surface area contributed by atoms with Crippen LogP contribution < -0.4 is 26.2 Å². The molecule has 5 amide bonds. The highest BCUT2D eigenvalue weighted by Crippen LogP contribution is 2.36. The number of carbonyl (C=O) groups is 4. The van der Waals surface area contributed by atoms with Gasteiger partial charge < -0.3 is 25.8 Å². The van der Waals surface area contributed by atoms with Gasteiger partial charge in [-0.05, 0) is 136 Å². The molecule has 5 aromatic rings. The number of aromatic nitrogens is 2. The van der Waals surface area contributed by atoms with Crippen LogP contribution in [0.5, 0.6) is 0 Å². The molecule has 9 rings (SSSR count). The normalized spacial score (nSPS) is 18.2. The highest BCUT2D eigenvalue weighted by molar-refractivity contribution is 6.09. The molecule has 4 aromatic carbocycles. The number of hydrogen-bond acceptors (Lipinski definition) is 8. The van der Waals surface area contributed by atoms with E-state index in [1.807, 2.05) is 55.1 Å². The number of unbranched alkanes of at least 4 members (excludes halogenated alkanes) is 1. The van der Waals surface area contributed by atoms with Crippen LogP contribution in [-0.4, -0.2) is 102 Å². The topological polar surface area (TPSA) is 144 Å². The maximum Gasteiger partial charge on any atom is 0.329 e. The number of anilines is 2. The van der Waals surface area contributed by atoms with Crippen LogP contribution in [0, 0.1) is 30.5 Å². The number of rotatable bonds is 12. The van der Waals surface area contributed by atoms with E-state index in [2.05, 4.69) is 67.4 Å². The molecule has 66 heavy (non-hydrogen) atoms. The van der Waals surface area contributed by atoms with E-state index in [4.69, 9.17) is 0 Å². The van der Waals surface area contributed by atoms with Crippen molar-refractivity contribution in [2.45, 2.75) is 83.2 Å². The number of carbonyl (C=O) groups excluding carboxylic acids is 4. The number of nitrogens with one attached hydrogen (secondary N) is 4. The Morgan fingerprint density at radius 3 is 2.42 bits per heavy atom. The molecule has 4 aliphatic heterocycles. The Morgan fingerprint density at radius 1 is 0.909 bits per heavy atom. The number of imide groups is 1. The third-order valence-corrected chi connectivity index (χ3v) is 14.1. The third kappa shape index (κ3) is 9.78. The van der Waals surface area contributed by atoms with Gasteiger partial charge in [0.15, 0.2) is 5.82 Å². The van der Waals surface area contributed by atoms with Crippen LogP contribution in [-0.2, 0) is 16.6 Å². The van der Waals surface area contributed by atoms with E-state index in [1.165, 1.54) is 11.0 Å². The summed E-state index contributed by atoms with van der Waals surface area (Å²) in [7, 11) is 1.77. The van der Waals surface area contributed by atoms with Crippen molar-refractivity contribution < 1.29 is 23.6 Å². The molecule has 0 bridgehead atoms. The van der Waals surface area contributed by atoms with Crippen LogP contribution in [0.15, 0.2) is 66.7 Å². The lowest BCUT2D eigenvalue weighted by Gasteiger charge is -2.33. The van der Waals surface area contributed by atoms with Crippen molar-refractivity contribution in [3.8, 4) is 11.8 Å². The molecule has 1 atom stereocenters. The number of amides is 5. The van der Waals surface area contributed by atoms with E-state index in [0.717, 1.165) is 97.1 Å². The Morgan fingerprint density at radius 2 is 1.68 bits per heavy atom. The summed E-state index contributed by atoms with van der Waals surface area (Å²) in [6.45, 7) is 10.2. The summed E-state index contributed by atoms with van der Waals surface area (Å²) in [4.78, 5) is 56.7. The Balaban J connectivity index is 0.715. The molecule has 0 aliphatic carbocycles. The summed E-state index contributed by atoms with van der Waals surface area (Å²) in [5.41, 5.74) is 5.98. The van der Waals surface area contributed by atoms with E-state index in [1.54, 1.807) is 11.7 Å². The van der Waals surface area contributed by atoms with Gasteiger partial charge >= 0.3 is 6.03 Å². The van der Waals surface area contributed by atoms with Gasteiger partial charge in [-0.15, -0.1) is 0 Å². The minimum Gasteiger partial charge on any atom is -0.380 e. The molecule has 13 nitrogen and oxygen atoms in total. The van der Waals surface area contributed by atoms with Gasteiger partial charge in [0.25, 0.3) is 5.91 Å². The number of aryl methyl sites for hydroxylation is 2. The molecular weight excluding hydrogens is 834 g/mol. The predicted molar refractivity (Wildman–Crippen MR) is 256 cm³/mol. The Bertz CT molecular complexity index is 2720. The number of fused-ring (bicyclic) bond motifs is 2. The number of hydrogen-bond donors (Lipinski definition) is 4. The summed E-state index contributed by atoms with van der Waals surface area (Å²) in [6, 6.07) is 21.4. The molecule has 0 radical (unpaired) electrons. The number of nitrogens with zero attached hydrogens (tertiary/aromatic N) is 5. The zero-order valence-electron chi connectivity index (χ0n) is 38.2. The molecule has 4 fully saturated rings. The molecule has 1 aromatic heterocycles. The number of halogens is 1. The number of piperidine rings is 2. The third-order valence-electron chi connectivity index (χ3n) is 14.1. The van der Waals surface area contributed by atoms with E-state index in [-0.39, 0.29) is 48.5 Å². The van der Waals surface area contributed by atoms with Gasteiger partial charge in [0.2, 0.25) is 11.8 Å². The summed E-state index contributed by atoms with van der Waals surface area (Å²) >= 11 is 0. The predicted octanol–water partition coefficient (Wildman–Crippen LogP) is 7.14. The van der Waals surface area contributed by atoms with E-state index < -0.39 is 6.03 Å². The first-order valence-corrected chi connectivity index (χ1v) is 23.7. The first-order chi connectivity index (χ1) is 32.0. The van der Waals surface area contributed by atoms with Crippen molar-refractivity contribution in [1.29, 1.82) is 0 Å². The van der Waals surface area contributed by atoms with Crippen LogP contribution in [0.4, 0.5) is 20.7 Å². The van der Waals surface area contributed by atoms with Gasteiger partial charge in [-0.25, -0.2) is 9.18 Å². The summed E-state index contributed by atoms with van der Waals surface area (Å²) in [6.07, 6.45) is 5.87. The van der Waals surface area contributed by atoms with Crippen LogP contribution >= 0.6 is 0 Å². The molecule has 4 saturated heterocycles. The van der Waals surface area contributed by atoms with Crippen molar-refractivity contribution in [3.05, 3.63) is 100 Å². The fourth-order valence-corrected chi connectivity index (χ4v) is 9.99. The van der Waals surface area contributed by atoms with Gasteiger partial charge in [0.1, 0.15) is 5.82 Å². The lowest BCUT2D eigenvalue weighted by Crippen LogP contribution is -2.51. The van der Waals surface area contributed by atoms with Crippen LogP contribution in [0.1, 0.15) is 103 Å².